The first-order valence-corrected chi connectivity index (χ1v) is 6.42. The highest BCUT2D eigenvalue weighted by Gasteiger charge is 2.09. The van der Waals surface area contributed by atoms with E-state index in [-0.39, 0.29) is 0 Å². The largest absolute Gasteiger partial charge is 0.329 e. The zero-order valence-corrected chi connectivity index (χ0v) is 11.2. The number of para-hydroxylation sites is 2. The number of rotatable bonds is 6. The third-order valence-corrected chi connectivity index (χ3v) is 3.27. The number of imidazole rings is 1. The Balaban J connectivity index is 2.09. The second kappa shape index (κ2) is 5.83. The fraction of sp³-hybridized carbons (Fsp3) is 0.400. The summed E-state index contributed by atoms with van der Waals surface area (Å²) in [5.41, 5.74) is 3.51. The number of hydrogen-bond donors (Lipinski definition) is 1. The van der Waals surface area contributed by atoms with Crippen LogP contribution in [0.5, 0.6) is 0 Å². The summed E-state index contributed by atoms with van der Waals surface area (Å²) in [5, 5.41) is 3.37. The van der Waals surface area contributed by atoms with Crippen molar-refractivity contribution in [3.05, 3.63) is 42.7 Å². The first-order valence-electron chi connectivity index (χ1n) is 6.42. The van der Waals surface area contributed by atoms with Gasteiger partial charge in [0.2, 0.25) is 0 Å². The number of benzene rings is 1. The van der Waals surface area contributed by atoms with E-state index < -0.39 is 0 Å². The molecule has 1 N–H and O–H groups in total. The molecule has 0 aliphatic carbocycles. The van der Waals surface area contributed by atoms with E-state index in [4.69, 9.17) is 0 Å². The minimum atomic E-state index is 0.458. The maximum Gasteiger partial charge on any atom is 0.0958 e. The lowest BCUT2D eigenvalue weighted by Gasteiger charge is -2.17. The van der Waals surface area contributed by atoms with Crippen molar-refractivity contribution in [1.29, 1.82) is 0 Å². The SMILES string of the molecule is C=C(C)CCC(Cn1cnc2ccccc21)NC. The molecule has 18 heavy (non-hydrogen) atoms. The van der Waals surface area contributed by atoms with Gasteiger partial charge < -0.3 is 9.88 Å². The second-order valence-electron chi connectivity index (χ2n) is 4.87. The molecule has 0 fully saturated rings. The number of fused-ring (bicyclic) bond motifs is 1. The summed E-state index contributed by atoms with van der Waals surface area (Å²) < 4.78 is 2.22. The van der Waals surface area contributed by atoms with Gasteiger partial charge in [0.05, 0.1) is 17.4 Å². The second-order valence-corrected chi connectivity index (χ2v) is 4.87. The standard InChI is InChI=1S/C15H21N3/c1-12(2)8-9-13(16-3)10-18-11-17-14-6-4-5-7-15(14)18/h4-7,11,13,16H,1,8-10H2,2-3H3. The van der Waals surface area contributed by atoms with Gasteiger partial charge in [-0.05, 0) is 38.9 Å². The Hall–Kier alpha value is -1.61. The smallest absolute Gasteiger partial charge is 0.0958 e. The molecule has 0 saturated carbocycles. The number of likely N-dealkylation sites (N-methyl/N-ethyl adjacent to an activating group) is 1. The van der Waals surface area contributed by atoms with Crippen molar-refractivity contribution in [2.45, 2.75) is 32.4 Å². The molecule has 1 unspecified atom stereocenters. The Morgan fingerprint density at radius 2 is 2.22 bits per heavy atom. The van der Waals surface area contributed by atoms with Gasteiger partial charge in [0.25, 0.3) is 0 Å². The van der Waals surface area contributed by atoms with Gasteiger partial charge in [0.15, 0.2) is 0 Å². The monoisotopic (exact) mass is 243 g/mol. The molecule has 3 heteroatoms. The minimum absolute atomic E-state index is 0.458. The van der Waals surface area contributed by atoms with Crippen molar-refractivity contribution in [3.63, 3.8) is 0 Å². The van der Waals surface area contributed by atoms with Crippen LogP contribution in [0.3, 0.4) is 0 Å². The molecule has 0 aliphatic rings. The molecule has 0 amide bonds. The fourth-order valence-corrected chi connectivity index (χ4v) is 2.14. The summed E-state index contributed by atoms with van der Waals surface area (Å²) in [6, 6.07) is 8.71. The van der Waals surface area contributed by atoms with Crippen LogP contribution in [0, 0.1) is 0 Å². The van der Waals surface area contributed by atoms with Gasteiger partial charge in [-0.25, -0.2) is 4.98 Å². The van der Waals surface area contributed by atoms with Crippen molar-refractivity contribution in [2.24, 2.45) is 0 Å². The molecule has 0 aliphatic heterocycles. The molecule has 96 valence electrons. The Bertz CT molecular complexity index is 527. The van der Waals surface area contributed by atoms with Gasteiger partial charge in [-0.2, -0.15) is 0 Å². The van der Waals surface area contributed by atoms with E-state index in [1.165, 1.54) is 11.1 Å². The summed E-state index contributed by atoms with van der Waals surface area (Å²) >= 11 is 0. The average molecular weight is 243 g/mol. The number of nitrogens with one attached hydrogen (secondary N) is 1. The summed E-state index contributed by atoms with van der Waals surface area (Å²) in [7, 11) is 2.02. The van der Waals surface area contributed by atoms with Crippen molar-refractivity contribution in [1.82, 2.24) is 14.9 Å². The average Bonchev–Trinajstić information content (AvgIpc) is 2.77. The van der Waals surface area contributed by atoms with E-state index in [0.29, 0.717) is 6.04 Å². The molecule has 0 bridgehead atoms. The topological polar surface area (TPSA) is 29.9 Å². The van der Waals surface area contributed by atoms with Gasteiger partial charge >= 0.3 is 0 Å². The Morgan fingerprint density at radius 3 is 2.94 bits per heavy atom. The van der Waals surface area contributed by atoms with Crippen LogP contribution in [-0.2, 0) is 6.54 Å². The van der Waals surface area contributed by atoms with E-state index in [2.05, 4.69) is 40.5 Å². The van der Waals surface area contributed by atoms with Crippen LogP contribution < -0.4 is 5.32 Å². The highest BCUT2D eigenvalue weighted by molar-refractivity contribution is 5.74. The number of hydrogen-bond acceptors (Lipinski definition) is 2. The Kier molecular flexibility index (Phi) is 4.15. The molecule has 2 rings (SSSR count). The van der Waals surface area contributed by atoms with Crippen molar-refractivity contribution in [3.8, 4) is 0 Å². The zero-order valence-electron chi connectivity index (χ0n) is 11.2. The van der Waals surface area contributed by atoms with Crippen LogP contribution in [0.15, 0.2) is 42.7 Å². The quantitative estimate of drug-likeness (QED) is 0.790. The third-order valence-electron chi connectivity index (χ3n) is 3.27. The molecule has 1 heterocycles. The predicted molar refractivity (Wildman–Crippen MR) is 76.6 cm³/mol. The molecule has 1 atom stereocenters. The highest BCUT2D eigenvalue weighted by atomic mass is 15.1. The van der Waals surface area contributed by atoms with Crippen LogP contribution in [0.4, 0.5) is 0 Å². The van der Waals surface area contributed by atoms with Gasteiger partial charge in [0, 0.05) is 12.6 Å². The molecule has 2 aromatic rings. The van der Waals surface area contributed by atoms with Crippen molar-refractivity contribution >= 4 is 11.0 Å². The predicted octanol–water partition coefficient (Wildman–Crippen LogP) is 2.98. The van der Waals surface area contributed by atoms with E-state index in [0.717, 1.165) is 24.9 Å². The lowest BCUT2D eigenvalue weighted by Crippen LogP contribution is -2.29. The van der Waals surface area contributed by atoms with Gasteiger partial charge in [-0.15, -0.1) is 6.58 Å². The van der Waals surface area contributed by atoms with E-state index in [1.54, 1.807) is 0 Å². The maximum absolute atomic E-state index is 4.42. The Labute approximate surface area is 109 Å². The zero-order chi connectivity index (χ0) is 13.0. The van der Waals surface area contributed by atoms with Crippen LogP contribution >= 0.6 is 0 Å². The first kappa shape index (κ1) is 12.8. The molecular weight excluding hydrogens is 222 g/mol. The normalized spacial score (nSPS) is 12.8. The molecule has 0 spiro atoms. The third kappa shape index (κ3) is 2.99. The van der Waals surface area contributed by atoms with Crippen LogP contribution in [0.1, 0.15) is 19.8 Å². The van der Waals surface area contributed by atoms with Crippen LogP contribution in [0.2, 0.25) is 0 Å². The molecular formula is C15H21N3. The molecule has 1 aromatic carbocycles. The molecule has 3 nitrogen and oxygen atoms in total. The van der Waals surface area contributed by atoms with E-state index >= 15 is 0 Å². The molecule has 0 radical (unpaired) electrons. The van der Waals surface area contributed by atoms with Crippen LogP contribution in [-0.4, -0.2) is 22.6 Å². The van der Waals surface area contributed by atoms with Gasteiger partial charge in [0.1, 0.15) is 0 Å². The minimum Gasteiger partial charge on any atom is -0.329 e. The summed E-state index contributed by atoms with van der Waals surface area (Å²) in [4.78, 5) is 4.42. The Morgan fingerprint density at radius 1 is 1.44 bits per heavy atom. The summed E-state index contributed by atoms with van der Waals surface area (Å²) in [6.45, 7) is 6.99. The lowest BCUT2D eigenvalue weighted by molar-refractivity contribution is 0.458. The van der Waals surface area contributed by atoms with Crippen molar-refractivity contribution < 1.29 is 0 Å². The molecule has 1 aromatic heterocycles. The number of allylic oxidation sites excluding steroid dienone is 1. The van der Waals surface area contributed by atoms with Gasteiger partial charge in [-0.1, -0.05) is 17.7 Å². The number of aromatic nitrogens is 2. The maximum atomic E-state index is 4.42. The van der Waals surface area contributed by atoms with E-state index in [1.807, 2.05) is 25.5 Å². The number of nitrogens with zero attached hydrogens (tertiary/aromatic N) is 2. The fourth-order valence-electron chi connectivity index (χ4n) is 2.14. The summed E-state index contributed by atoms with van der Waals surface area (Å²) in [6.07, 6.45) is 4.10. The van der Waals surface area contributed by atoms with Gasteiger partial charge in [-0.3, -0.25) is 0 Å². The van der Waals surface area contributed by atoms with E-state index in [9.17, 15) is 0 Å². The first-order chi connectivity index (χ1) is 8.70. The summed E-state index contributed by atoms with van der Waals surface area (Å²) in [5.74, 6) is 0. The van der Waals surface area contributed by atoms with Crippen LogP contribution in [0.25, 0.3) is 11.0 Å². The van der Waals surface area contributed by atoms with Crippen molar-refractivity contribution in [2.75, 3.05) is 7.05 Å². The molecule has 0 saturated heterocycles. The highest BCUT2D eigenvalue weighted by Crippen LogP contribution is 2.14. The lowest BCUT2D eigenvalue weighted by atomic mass is 10.1.